The van der Waals surface area contributed by atoms with Crippen LogP contribution >= 0.6 is 34.5 Å². The highest BCUT2D eigenvalue weighted by molar-refractivity contribution is 7.16. The maximum Gasteiger partial charge on any atom is 0.256 e. The van der Waals surface area contributed by atoms with E-state index in [1.54, 1.807) is 23.5 Å². The second kappa shape index (κ2) is 6.98. The molecule has 4 rings (SSSR count). The van der Waals surface area contributed by atoms with Crippen LogP contribution in [0.3, 0.4) is 0 Å². The fraction of sp³-hybridized carbons (Fsp3) is 0.476. The first kappa shape index (κ1) is 19.1. The van der Waals surface area contributed by atoms with E-state index in [0.29, 0.717) is 21.4 Å². The molecule has 1 aliphatic heterocycles. The van der Waals surface area contributed by atoms with Crippen LogP contribution in [0.1, 0.15) is 66.1 Å². The maximum absolute atomic E-state index is 12.9. The van der Waals surface area contributed by atoms with Crippen LogP contribution < -0.4 is 10.6 Å². The summed E-state index contributed by atoms with van der Waals surface area (Å²) in [6.45, 7) is 6.99. The van der Waals surface area contributed by atoms with E-state index in [1.807, 2.05) is 6.07 Å². The number of benzene rings is 1. The van der Waals surface area contributed by atoms with Gasteiger partial charge in [0.1, 0.15) is 11.2 Å². The number of hydrogen-bond acceptors (Lipinski definition) is 3. The van der Waals surface area contributed by atoms with E-state index in [0.717, 1.165) is 35.4 Å². The van der Waals surface area contributed by atoms with Crippen LogP contribution in [-0.4, -0.2) is 5.91 Å². The molecule has 2 atom stereocenters. The van der Waals surface area contributed by atoms with Crippen LogP contribution in [-0.2, 0) is 12.8 Å². The van der Waals surface area contributed by atoms with Gasteiger partial charge in [0, 0.05) is 4.88 Å². The lowest BCUT2D eigenvalue weighted by molar-refractivity contribution is 0.0934. The molecule has 0 spiro atoms. The number of carbonyl (C=O) groups is 1. The Morgan fingerprint density at radius 3 is 2.70 bits per heavy atom. The Balaban J connectivity index is 1.63. The molecule has 2 heterocycles. The number of halogens is 2. The molecule has 1 aromatic heterocycles. The Labute approximate surface area is 174 Å². The van der Waals surface area contributed by atoms with Gasteiger partial charge in [0.2, 0.25) is 0 Å². The van der Waals surface area contributed by atoms with Crippen molar-refractivity contribution in [2.45, 2.75) is 52.6 Å². The summed E-state index contributed by atoms with van der Waals surface area (Å²) >= 11 is 13.9. The molecule has 2 N–H and O–H groups in total. The minimum Gasteiger partial charge on any atom is -0.353 e. The van der Waals surface area contributed by atoms with Crippen LogP contribution in [0.5, 0.6) is 0 Å². The second-order valence-electron chi connectivity index (χ2n) is 8.21. The minimum absolute atomic E-state index is 0.00511. The number of hydrogen-bond donors (Lipinski definition) is 2. The second-order valence-corrected chi connectivity index (χ2v) is 10.1. The highest BCUT2D eigenvalue weighted by atomic mass is 35.5. The molecule has 0 radical (unpaired) electrons. The Hall–Kier alpha value is -1.23. The molecule has 144 valence electrons. The first-order valence-corrected chi connectivity index (χ1v) is 11.0. The number of nitrogens with one attached hydrogen (secondary N) is 2. The molecule has 6 heteroatoms. The van der Waals surface area contributed by atoms with E-state index in [2.05, 4.69) is 31.4 Å². The summed E-state index contributed by atoms with van der Waals surface area (Å²) in [5, 5.41) is 8.57. The zero-order valence-electron chi connectivity index (χ0n) is 15.8. The fourth-order valence-electron chi connectivity index (χ4n) is 4.11. The van der Waals surface area contributed by atoms with Gasteiger partial charge in [-0.3, -0.25) is 4.79 Å². The lowest BCUT2D eigenvalue weighted by atomic mass is 9.69. The van der Waals surface area contributed by atoms with Gasteiger partial charge < -0.3 is 10.6 Å². The van der Waals surface area contributed by atoms with Crippen LogP contribution in [0, 0.1) is 11.3 Å². The molecule has 0 unspecified atom stereocenters. The topological polar surface area (TPSA) is 41.1 Å². The molecule has 1 amide bonds. The van der Waals surface area contributed by atoms with E-state index in [9.17, 15) is 4.79 Å². The van der Waals surface area contributed by atoms with E-state index in [-0.39, 0.29) is 12.1 Å². The van der Waals surface area contributed by atoms with Gasteiger partial charge in [-0.05, 0) is 53.9 Å². The zero-order chi connectivity index (χ0) is 19.3. The number of fused-ring (bicyclic) bond motifs is 3. The smallest absolute Gasteiger partial charge is 0.256 e. The first-order chi connectivity index (χ1) is 12.8. The zero-order valence-corrected chi connectivity index (χ0v) is 18.1. The van der Waals surface area contributed by atoms with Crippen LogP contribution in [0.25, 0.3) is 0 Å². The van der Waals surface area contributed by atoms with Crippen molar-refractivity contribution in [3.63, 3.8) is 0 Å². The summed E-state index contributed by atoms with van der Waals surface area (Å²) in [5.74, 6) is 0.676. The molecule has 1 aliphatic carbocycles. The number of thiophene rings is 1. The van der Waals surface area contributed by atoms with Crippen molar-refractivity contribution < 1.29 is 4.79 Å². The van der Waals surface area contributed by atoms with E-state index in [4.69, 9.17) is 23.2 Å². The molecular formula is C21H24Cl2N2OS. The van der Waals surface area contributed by atoms with Gasteiger partial charge in [-0.2, -0.15) is 0 Å². The van der Waals surface area contributed by atoms with Crippen molar-refractivity contribution in [2.75, 3.05) is 5.32 Å². The minimum atomic E-state index is -0.289. The number of rotatable bonds is 3. The predicted octanol–water partition coefficient (Wildman–Crippen LogP) is 6.45. The summed E-state index contributed by atoms with van der Waals surface area (Å²) < 4.78 is 0. The quantitative estimate of drug-likeness (QED) is 0.596. The maximum atomic E-state index is 12.9. The molecular weight excluding hydrogens is 399 g/mol. The van der Waals surface area contributed by atoms with E-state index in [1.165, 1.54) is 16.9 Å². The van der Waals surface area contributed by atoms with Crippen molar-refractivity contribution in [3.8, 4) is 0 Å². The number of amides is 1. The average molecular weight is 423 g/mol. The summed E-state index contributed by atoms with van der Waals surface area (Å²) in [5.41, 5.74) is 3.33. The monoisotopic (exact) mass is 422 g/mol. The van der Waals surface area contributed by atoms with E-state index >= 15 is 0 Å². The standard InChI is InChI=1S/C21H24Cl2N2OS/c1-4-21(2,3)12-6-7-13-16(10-12)27-20-17(13)19(26)24-18(25-20)11-5-8-14(22)15(23)9-11/h5,8-9,12,18,25H,4,6-7,10H2,1-3H3,(H,24,26)/t12-,18-/m1/s1. The van der Waals surface area contributed by atoms with Crippen LogP contribution in [0.2, 0.25) is 10.0 Å². The van der Waals surface area contributed by atoms with Crippen LogP contribution in [0.15, 0.2) is 18.2 Å². The molecule has 0 saturated carbocycles. The van der Waals surface area contributed by atoms with Gasteiger partial charge in [-0.25, -0.2) is 0 Å². The summed E-state index contributed by atoms with van der Waals surface area (Å²) in [6, 6.07) is 5.46. The third-order valence-corrected chi connectivity index (χ3v) is 8.26. The molecule has 2 aliphatic rings. The van der Waals surface area contributed by atoms with Crippen molar-refractivity contribution in [3.05, 3.63) is 49.8 Å². The molecule has 27 heavy (non-hydrogen) atoms. The van der Waals surface area contributed by atoms with Gasteiger partial charge in [-0.1, -0.05) is 56.5 Å². The largest absolute Gasteiger partial charge is 0.353 e. The Morgan fingerprint density at radius 1 is 1.22 bits per heavy atom. The van der Waals surface area contributed by atoms with Crippen molar-refractivity contribution >= 4 is 45.4 Å². The van der Waals surface area contributed by atoms with Gasteiger partial charge in [0.15, 0.2) is 0 Å². The molecule has 0 saturated heterocycles. The summed E-state index contributed by atoms with van der Waals surface area (Å²) in [6.07, 6.45) is 4.10. The number of carbonyl (C=O) groups excluding carboxylic acids is 1. The Kier molecular flexibility index (Phi) is 4.94. The highest BCUT2D eigenvalue weighted by Crippen LogP contribution is 2.47. The lowest BCUT2D eigenvalue weighted by Crippen LogP contribution is -2.38. The molecule has 0 bridgehead atoms. The van der Waals surface area contributed by atoms with Crippen molar-refractivity contribution in [2.24, 2.45) is 11.3 Å². The summed E-state index contributed by atoms with van der Waals surface area (Å²) in [7, 11) is 0. The highest BCUT2D eigenvalue weighted by Gasteiger charge is 2.37. The SMILES string of the molecule is CCC(C)(C)[C@@H]1CCc2c(sc3c2C(=O)N[C@@H](c2ccc(Cl)c(Cl)c2)N3)C1. The number of anilines is 1. The third kappa shape index (κ3) is 3.37. The normalized spacial score (nSPS) is 21.9. The van der Waals surface area contributed by atoms with Gasteiger partial charge in [0.25, 0.3) is 5.91 Å². The Bertz CT molecular complexity index is 906. The van der Waals surface area contributed by atoms with E-state index < -0.39 is 0 Å². The Morgan fingerprint density at radius 2 is 2.00 bits per heavy atom. The van der Waals surface area contributed by atoms with Gasteiger partial charge in [-0.15, -0.1) is 11.3 Å². The predicted molar refractivity (Wildman–Crippen MR) is 114 cm³/mol. The molecule has 3 nitrogen and oxygen atoms in total. The van der Waals surface area contributed by atoms with Crippen molar-refractivity contribution in [1.82, 2.24) is 5.32 Å². The van der Waals surface area contributed by atoms with Crippen LogP contribution in [0.4, 0.5) is 5.00 Å². The molecule has 0 fully saturated rings. The van der Waals surface area contributed by atoms with Gasteiger partial charge in [0.05, 0.1) is 15.6 Å². The summed E-state index contributed by atoms with van der Waals surface area (Å²) in [4.78, 5) is 14.3. The first-order valence-electron chi connectivity index (χ1n) is 9.47. The third-order valence-electron chi connectivity index (χ3n) is 6.34. The molecule has 1 aromatic carbocycles. The lowest BCUT2D eigenvalue weighted by Gasteiger charge is -2.36. The van der Waals surface area contributed by atoms with Gasteiger partial charge >= 0.3 is 0 Å². The molecule has 2 aromatic rings. The average Bonchev–Trinajstić information content (AvgIpc) is 3.02. The van der Waals surface area contributed by atoms with Crippen molar-refractivity contribution in [1.29, 1.82) is 0 Å². The fourth-order valence-corrected chi connectivity index (χ4v) is 5.77.